The number of carbonyl (C=O) groups is 1. The average molecular weight is 467 g/mol. The minimum absolute atomic E-state index is 0.0483. The Hall–Kier alpha value is -4.05. The van der Waals surface area contributed by atoms with Crippen molar-refractivity contribution in [2.75, 3.05) is 10.8 Å². The number of nitro groups is 1. The van der Waals surface area contributed by atoms with Crippen molar-refractivity contribution in [1.29, 1.82) is 0 Å². The summed E-state index contributed by atoms with van der Waals surface area (Å²) >= 11 is 0. The van der Waals surface area contributed by atoms with Crippen molar-refractivity contribution in [3.05, 3.63) is 100 Å². The van der Waals surface area contributed by atoms with Gasteiger partial charge in [0.15, 0.2) is 0 Å². The fourth-order valence-electron chi connectivity index (χ4n) is 3.18. The normalized spacial score (nSPS) is 11.3. The number of sulfonamides is 1. The molecule has 3 aromatic carbocycles. The van der Waals surface area contributed by atoms with Gasteiger partial charge in [0.25, 0.3) is 21.6 Å². The van der Waals surface area contributed by atoms with E-state index in [2.05, 4.69) is 10.5 Å². The monoisotopic (exact) mass is 466 g/mol. The van der Waals surface area contributed by atoms with Gasteiger partial charge in [-0.3, -0.25) is 19.2 Å². The van der Waals surface area contributed by atoms with Gasteiger partial charge in [0.2, 0.25) is 0 Å². The molecule has 10 heteroatoms. The van der Waals surface area contributed by atoms with Crippen LogP contribution in [0.5, 0.6) is 0 Å². The number of nitro benzene ring substituents is 1. The third kappa shape index (κ3) is 5.60. The Bertz CT molecular complexity index is 1280. The fraction of sp³-hybridized carbons (Fsp3) is 0.130. The summed E-state index contributed by atoms with van der Waals surface area (Å²) < 4.78 is 27.8. The SMILES string of the molecule is CCc1ccccc1N(CC(=O)N/N=C\c1ccccc1[N+](=O)[O-])S(=O)(=O)c1ccccc1. The number of nitrogens with zero attached hydrogens (tertiary/aromatic N) is 3. The van der Waals surface area contributed by atoms with E-state index in [1.165, 1.54) is 30.3 Å². The van der Waals surface area contributed by atoms with Crippen LogP contribution in [0.1, 0.15) is 18.1 Å². The number of anilines is 1. The molecule has 0 aliphatic heterocycles. The highest BCUT2D eigenvalue weighted by Gasteiger charge is 2.28. The molecule has 33 heavy (non-hydrogen) atoms. The maximum Gasteiger partial charge on any atom is 0.278 e. The molecule has 0 bridgehead atoms. The van der Waals surface area contributed by atoms with Gasteiger partial charge in [-0.1, -0.05) is 55.5 Å². The quantitative estimate of drug-likeness (QED) is 0.294. The molecule has 0 atom stereocenters. The Morgan fingerprint density at radius 1 is 1.03 bits per heavy atom. The highest BCUT2D eigenvalue weighted by Crippen LogP contribution is 2.27. The third-order valence-corrected chi connectivity index (χ3v) is 6.56. The molecule has 9 nitrogen and oxygen atoms in total. The summed E-state index contributed by atoms with van der Waals surface area (Å²) in [6.07, 6.45) is 1.71. The van der Waals surface area contributed by atoms with E-state index in [0.29, 0.717) is 12.1 Å². The molecule has 0 saturated carbocycles. The summed E-state index contributed by atoms with van der Waals surface area (Å²) in [7, 11) is -4.05. The molecule has 0 radical (unpaired) electrons. The summed E-state index contributed by atoms with van der Waals surface area (Å²) in [6.45, 7) is 1.37. The number of rotatable bonds is 9. The molecule has 0 unspecified atom stereocenters. The highest BCUT2D eigenvalue weighted by atomic mass is 32.2. The van der Waals surface area contributed by atoms with Crippen molar-refractivity contribution < 1.29 is 18.1 Å². The molecule has 0 heterocycles. The average Bonchev–Trinajstić information content (AvgIpc) is 2.83. The van der Waals surface area contributed by atoms with Crippen LogP contribution in [0, 0.1) is 10.1 Å². The van der Waals surface area contributed by atoms with E-state index in [4.69, 9.17) is 0 Å². The van der Waals surface area contributed by atoms with E-state index in [-0.39, 0.29) is 16.1 Å². The van der Waals surface area contributed by atoms with Crippen molar-refractivity contribution in [3.8, 4) is 0 Å². The van der Waals surface area contributed by atoms with Crippen LogP contribution in [0.3, 0.4) is 0 Å². The maximum atomic E-state index is 13.4. The number of amides is 1. The molecule has 1 amide bonds. The molecule has 0 saturated heterocycles. The molecule has 0 aliphatic rings. The van der Waals surface area contributed by atoms with Gasteiger partial charge in [-0.15, -0.1) is 0 Å². The topological polar surface area (TPSA) is 122 Å². The van der Waals surface area contributed by atoms with E-state index in [1.807, 2.05) is 6.92 Å². The smallest absolute Gasteiger partial charge is 0.271 e. The highest BCUT2D eigenvalue weighted by molar-refractivity contribution is 7.92. The largest absolute Gasteiger partial charge is 0.278 e. The second-order valence-corrected chi connectivity index (χ2v) is 8.78. The Balaban J connectivity index is 1.88. The number of hydrazone groups is 1. The Morgan fingerprint density at radius 2 is 1.67 bits per heavy atom. The number of aryl methyl sites for hydroxylation is 1. The predicted octanol–water partition coefficient (Wildman–Crippen LogP) is 3.50. The number of hydrogen-bond donors (Lipinski definition) is 1. The lowest BCUT2D eigenvalue weighted by Gasteiger charge is -2.25. The van der Waals surface area contributed by atoms with Crippen molar-refractivity contribution in [2.45, 2.75) is 18.2 Å². The van der Waals surface area contributed by atoms with Crippen molar-refractivity contribution in [2.24, 2.45) is 5.10 Å². The Kier molecular flexibility index (Phi) is 7.52. The molecule has 1 N–H and O–H groups in total. The lowest BCUT2D eigenvalue weighted by Crippen LogP contribution is -2.40. The summed E-state index contributed by atoms with van der Waals surface area (Å²) in [4.78, 5) is 23.3. The molecule has 3 rings (SSSR count). The van der Waals surface area contributed by atoms with Gasteiger partial charge < -0.3 is 0 Å². The number of benzene rings is 3. The molecule has 0 aromatic heterocycles. The first-order chi connectivity index (χ1) is 15.8. The lowest BCUT2D eigenvalue weighted by molar-refractivity contribution is -0.385. The van der Waals surface area contributed by atoms with Crippen LogP contribution in [0.15, 0.2) is 88.9 Å². The Labute approximate surface area is 191 Å². The maximum absolute atomic E-state index is 13.4. The first-order valence-electron chi connectivity index (χ1n) is 10.1. The number of para-hydroxylation sites is 2. The second-order valence-electron chi connectivity index (χ2n) is 6.92. The number of carbonyl (C=O) groups excluding carboxylic acids is 1. The molecule has 0 fully saturated rings. The van der Waals surface area contributed by atoms with Gasteiger partial charge in [0.1, 0.15) is 6.54 Å². The summed E-state index contributed by atoms with van der Waals surface area (Å²) in [5.41, 5.74) is 3.44. The van der Waals surface area contributed by atoms with Crippen molar-refractivity contribution in [1.82, 2.24) is 5.43 Å². The second kappa shape index (κ2) is 10.5. The Morgan fingerprint density at radius 3 is 2.36 bits per heavy atom. The van der Waals surface area contributed by atoms with Gasteiger partial charge in [0, 0.05) is 6.07 Å². The van der Waals surface area contributed by atoms with E-state index >= 15 is 0 Å². The standard InChI is InChI=1S/C23H22N4O5S/c1-2-18-10-6-8-14-21(18)26(33(31,32)20-12-4-3-5-13-20)17-23(28)25-24-16-19-11-7-9-15-22(19)27(29)30/h3-16H,2,17H2,1H3,(H,25,28)/b24-16-. The summed E-state index contributed by atoms with van der Waals surface area (Å²) in [6, 6.07) is 20.7. The summed E-state index contributed by atoms with van der Waals surface area (Å²) in [5, 5.41) is 14.9. The summed E-state index contributed by atoms with van der Waals surface area (Å²) in [5.74, 6) is -0.699. The van der Waals surface area contributed by atoms with Crippen LogP contribution in [0.25, 0.3) is 0 Å². The number of nitrogens with one attached hydrogen (secondary N) is 1. The first-order valence-corrected chi connectivity index (χ1v) is 11.5. The molecule has 0 aliphatic carbocycles. The van der Waals surface area contributed by atoms with Crippen LogP contribution in [0.2, 0.25) is 0 Å². The van der Waals surface area contributed by atoms with Gasteiger partial charge >= 0.3 is 0 Å². The molecule has 0 spiro atoms. The van der Waals surface area contributed by atoms with Gasteiger partial charge in [-0.05, 0) is 36.2 Å². The predicted molar refractivity (Wildman–Crippen MR) is 126 cm³/mol. The van der Waals surface area contributed by atoms with Crippen LogP contribution >= 0.6 is 0 Å². The van der Waals surface area contributed by atoms with Gasteiger partial charge in [0.05, 0.1) is 27.3 Å². The fourth-order valence-corrected chi connectivity index (χ4v) is 4.65. The van der Waals surface area contributed by atoms with Crippen LogP contribution in [-0.4, -0.2) is 32.0 Å². The van der Waals surface area contributed by atoms with E-state index < -0.39 is 27.4 Å². The van der Waals surface area contributed by atoms with Crippen LogP contribution in [0.4, 0.5) is 11.4 Å². The molecular formula is C23H22N4O5S. The zero-order valence-corrected chi connectivity index (χ0v) is 18.6. The first kappa shape index (κ1) is 23.6. The van der Waals surface area contributed by atoms with E-state index in [0.717, 1.165) is 16.1 Å². The minimum Gasteiger partial charge on any atom is -0.271 e. The molecule has 3 aromatic rings. The van der Waals surface area contributed by atoms with Crippen molar-refractivity contribution in [3.63, 3.8) is 0 Å². The zero-order chi connectivity index (χ0) is 23.8. The van der Waals surface area contributed by atoms with Gasteiger partial charge in [-0.2, -0.15) is 5.10 Å². The number of hydrogen-bond acceptors (Lipinski definition) is 6. The molecule has 170 valence electrons. The van der Waals surface area contributed by atoms with E-state index in [1.54, 1.807) is 48.5 Å². The van der Waals surface area contributed by atoms with Gasteiger partial charge in [-0.25, -0.2) is 13.8 Å². The van der Waals surface area contributed by atoms with Crippen LogP contribution < -0.4 is 9.73 Å². The van der Waals surface area contributed by atoms with E-state index in [9.17, 15) is 23.3 Å². The zero-order valence-electron chi connectivity index (χ0n) is 17.8. The third-order valence-electron chi connectivity index (χ3n) is 4.79. The van der Waals surface area contributed by atoms with Crippen LogP contribution in [-0.2, 0) is 21.2 Å². The molecular weight excluding hydrogens is 444 g/mol. The minimum atomic E-state index is -4.05. The van der Waals surface area contributed by atoms with Crippen molar-refractivity contribution >= 4 is 33.5 Å². The lowest BCUT2D eigenvalue weighted by atomic mass is 10.1.